The Balaban J connectivity index is 2.95. The zero-order valence-electron chi connectivity index (χ0n) is 7.87. The van der Waals surface area contributed by atoms with E-state index >= 15 is 0 Å². The molecule has 3 nitrogen and oxygen atoms in total. The van der Waals surface area contributed by atoms with E-state index < -0.39 is 5.82 Å². The summed E-state index contributed by atoms with van der Waals surface area (Å²) >= 11 is 0. The van der Waals surface area contributed by atoms with Crippen LogP contribution in [0.15, 0.2) is 18.2 Å². The summed E-state index contributed by atoms with van der Waals surface area (Å²) in [5.41, 5.74) is 0.682. The third-order valence-electron chi connectivity index (χ3n) is 1.92. The van der Waals surface area contributed by atoms with Gasteiger partial charge in [0.2, 0.25) is 0 Å². The lowest BCUT2D eigenvalue weighted by Gasteiger charge is -2.18. The first kappa shape index (κ1) is 10.5. The van der Waals surface area contributed by atoms with Crippen LogP contribution in [0.4, 0.5) is 10.1 Å². The van der Waals surface area contributed by atoms with Gasteiger partial charge in [-0.2, -0.15) is 5.26 Å². The first-order chi connectivity index (χ1) is 6.69. The van der Waals surface area contributed by atoms with E-state index in [0.717, 1.165) is 0 Å². The average Bonchev–Trinajstić information content (AvgIpc) is 2.17. The van der Waals surface area contributed by atoms with Gasteiger partial charge in [0, 0.05) is 13.6 Å². The Bertz CT molecular complexity index is 360. The normalized spacial score (nSPS) is 9.57. The molecule has 0 aromatic heterocycles. The molecule has 0 aliphatic carbocycles. The van der Waals surface area contributed by atoms with Gasteiger partial charge in [0.25, 0.3) is 0 Å². The lowest BCUT2D eigenvalue weighted by molar-refractivity contribution is 0.304. The lowest BCUT2D eigenvalue weighted by Crippen LogP contribution is -2.22. The molecule has 1 N–H and O–H groups in total. The molecule has 0 aliphatic rings. The van der Waals surface area contributed by atoms with Gasteiger partial charge in [-0.15, -0.1) is 0 Å². The largest absolute Gasteiger partial charge is 0.395 e. The van der Waals surface area contributed by atoms with Crippen LogP contribution in [-0.4, -0.2) is 25.3 Å². The van der Waals surface area contributed by atoms with Crippen LogP contribution in [0, 0.1) is 17.1 Å². The van der Waals surface area contributed by atoms with E-state index in [9.17, 15) is 4.39 Å². The Morgan fingerprint density at radius 2 is 2.29 bits per heavy atom. The van der Waals surface area contributed by atoms with Gasteiger partial charge in [-0.1, -0.05) is 0 Å². The number of anilines is 1. The fraction of sp³-hybridized carbons (Fsp3) is 0.300. The number of benzene rings is 1. The summed E-state index contributed by atoms with van der Waals surface area (Å²) in [5.74, 6) is -0.444. The molecule has 0 unspecified atom stereocenters. The van der Waals surface area contributed by atoms with Crippen molar-refractivity contribution in [3.05, 3.63) is 29.6 Å². The van der Waals surface area contributed by atoms with E-state index in [1.807, 2.05) is 6.07 Å². The van der Waals surface area contributed by atoms with Gasteiger partial charge in [0.05, 0.1) is 23.9 Å². The van der Waals surface area contributed by atoms with Gasteiger partial charge in [-0.25, -0.2) is 4.39 Å². The summed E-state index contributed by atoms with van der Waals surface area (Å²) in [5, 5.41) is 17.2. The van der Waals surface area contributed by atoms with Gasteiger partial charge < -0.3 is 10.0 Å². The first-order valence-electron chi connectivity index (χ1n) is 4.20. The number of nitrogens with zero attached hydrogens (tertiary/aromatic N) is 2. The number of hydrogen-bond acceptors (Lipinski definition) is 3. The van der Waals surface area contributed by atoms with Crippen molar-refractivity contribution in [3.8, 4) is 6.07 Å². The number of likely N-dealkylation sites (N-methyl/N-ethyl adjacent to an activating group) is 1. The second-order valence-corrected chi connectivity index (χ2v) is 2.92. The predicted molar refractivity (Wildman–Crippen MR) is 51.5 cm³/mol. The molecule has 0 saturated carbocycles. The van der Waals surface area contributed by atoms with Crippen molar-refractivity contribution in [2.75, 3.05) is 25.1 Å². The second kappa shape index (κ2) is 4.58. The molecular weight excluding hydrogens is 183 g/mol. The van der Waals surface area contributed by atoms with Crippen LogP contribution in [-0.2, 0) is 0 Å². The third-order valence-corrected chi connectivity index (χ3v) is 1.92. The summed E-state index contributed by atoms with van der Waals surface area (Å²) in [6.45, 7) is 0.332. The highest BCUT2D eigenvalue weighted by Gasteiger charge is 2.07. The SMILES string of the molecule is CN(CCO)c1ccc(C#N)cc1F. The van der Waals surface area contributed by atoms with Gasteiger partial charge in [-0.05, 0) is 18.2 Å². The Hall–Kier alpha value is -1.60. The van der Waals surface area contributed by atoms with E-state index in [4.69, 9.17) is 10.4 Å². The van der Waals surface area contributed by atoms with Crippen molar-refractivity contribution in [2.45, 2.75) is 0 Å². The number of rotatable bonds is 3. The van der Waals surface area contributed by atoms with Gasteiger partial charge in [0.1, 0.15) is 5.82 Å². The van der Waals surface area contributed by atoms with Crippen molar-refractivity contribution in [3.63, 3.8) is 0 Å². The summed E-state index contributed by atoms with van der Waals surface area (Å²) in [7, 11) is 1.68. The van der Waals surface area contributed by atoms with E-state index in [1.165, 1.54) is 12.1 Å². The Kier molecular flexibility index (Phi) is 3.43. The number of aliphatic hydroxyl groups is 1. The van der Waals surface area contributed by atoms with Gasteiger partial charge in [-0.3, -0.25) is 0 Å². The molecule has 1 aromatic rings. The van der Waals surface area contributed by atoms with Crippen LogP contribution in [0.25, 0.3) is 0 Å². The van der Waals surface area contributed by atoms with Crippen molar-refractivity contribution >= 4 is 5.69 Å². The highest BCUT2D eigenvalue weighted by atomic mass is 19.1. The van der Waals surface area contributed by atoms with Crippen LogP contribution >= 0.6 is 0 Å². The average molecular weight is 194 g/mol. The van der Waals surface area contributed by atoms with E-state index in [2.05, 4.69) is 0 Å². The number of hydrogen-bond donors (Lipinski definition) is 1. The van der Waals surface area contributed by atoms with Crippen LogP contribution in [0.1, 0.15) is 5.56 Å². The smallest absolute Gasteiger partial charge is 0.147 e. The number of nitriles is 1. The molecule has 0 spiro atoms. The van der Waals surface area contributed by atoms with Gasteiger partial charge >= 0.3 is 0 Å². The van der Waals surface area contributed by atoms with Crippen molar-refractivity contribution in [1.29, 1.82) is 5.26 Å². The van der Waals surface area contributed by atoms with E-state index in [1.54, 1.807) is 18.0 Å². The lowest BCUT2D eigenvalue weighted by atomic mass is 10.2. The van der Waals surface area contributed by atoms with E-state index in [-0.39, 0.29) is 6.61 Å². The molecule has 1 aromatic carbocycles. The van der Waals surface area contributed by atoms with Crippen LogP contribution in [0.5, 0.6) is 0 Å². The minimum atomic E-state index is -0.444. The minimum Gasteiger partial charge on any atom is -0.395 e. The zero-order chi connectivity index (χ0) is 10.6. The molecule has 0 amide bonds. The monoisotopic (exact) mass is 194 g/mol. The van der Waals surface area contributed by atoms with Crippen LogP contribution in [0.3, 0.4) is 0 Å². The first-order valence-corrected chi connectivity index (χ1v) is 4.20. The predicted octanol–water partition coefficient (Wildman–Crippen LogP) is 1.13. The summed E-state index contributed by atoms with van der Waals surface area (Å²) in [4.78, 5) is 1.59. The molecule has 4 heteroatoms. The summed E-state index contributed by atoms with van der Waals surface area (Å²) in [6, 6.07) is 6.12. The minimum absolute atomic E-state index is 0.0318. The Morgan fingerprint density at radius 3 is 2.79 bits per heavy atom. The number of aliphatic hydroxyl groups excluding tert-OH is 1. The quantitative estimate of drug-likeness (QED) is 0.784. The standard InChI is InChI=1S/C10H11FN2O/c1-13(4-5-14)10-3-2-8(7-12)6-9(10)11/h2-3,6,14H,4-5H2,1H3. The zero-order valence-corrected chi connectivity index (χ0v) is 7.87. The molecule has 0 aliphatic heterocycles. The second-order valence-electron chi connectivity index (χ2n) is 2.92. The Labute approximate surface area is 82.0 Å². The number of halogens is 1. The molecule has 74 valence electrons. The van der Waals surface area contributed by atoms with Crippen LogP contribution < -0.4 is 4.90 Å². The fourth-order valence-corrected chi connectivity index (χ4v) is 1.16. The maximum absolute atomic E-state index is 13.3. The molecule has 14 heavy (non-hydrogen) atoms. The molecule has 1 rings (SSSR count). The van der Waals surface area contributed by atoms with Crippen molar-refractivity contribution in [2.24, 2.45) is 0 Å². The maximum Gasteiger partial charge on any atom is 0.147 e. The third kappa shape index (κ3) is 2.21. The van der Waals surface area contributed by atoms with E-state index in [0.29, 0.717) is 17.8 Å². The van der Waals surface area contributed by atoms with Crippen molar-refractivity contribution in [1.82, 2.24) is 0 Å². The summed E-state index contributed by atoms with van der Waals surface area (Å²) in [6.07, 6.45) is 0. The molecular formula is C10H11FN2O. The molecule has 0 radical (unpaired) electrons. The molecule has 0 bridgehead atoms. The van der Waals surface area contributed by atoms with Crippen molar-refractivity contribution < 1.29 is 9.50 Å². The molecule has 0 heterocycles. The van der Waals surface area contributed by atoms with Crippen LogP contribution in [0.2, 0.25) is 0 Å². The highest BCUT2D eigenvalue weighted by Crippen LogP contribution is 2.18. The molecule has 0 saturated heterocycles. The summed E-state index contributed by atoms with van der Waals surface area (Å²) < 4.78 is 13.3. The van der Waals surface area contributed by atoms with Gasteiger partial charge in [0.15, 0.2) is 0 Å². The topological polar surface area (TPSA) is 47.3 Å². The highest BCUT2D eigenvalue weighted by molar-refractivity contribution is 5.50. The Morgan fingerprint density at radius 1 is 1.57 bits per heavy atom. The fourth-order valence-electron chi connectivity index (χ4n) is 1.16. The molecule has 0 atom stereocenters. The molecule has 0 fully saturated rings. The maximum atomic E-state index is 13.3.